The maximum atomic E-state index is 12.2. The zero-order valence-corrected chi connectivity index (χ0v) is 12.3. The van der Waals surface area contributed by atoms with Gasteiger partial charge in [-0.3, -0.25) is 4.79 Å². The van der Waals surface area contributed by atoms with Gasteiger partial charge >= 0.3 is 0 Å². The number of aromatic nitrogens is 2. The quantitative estimate of drug-likeness (QED) is 0.752. The molecule has 0 aliphatic heterocycles. The molecule has 21 heavy (non-hydrogen) atoms. The van der Waals surface area contributed by atoms with Gasteiger partial charge in [-0.05, 0) is 36.8 Å². The number of rotatable bonds is 3. The Bertz CT molecular complexity index is 832. The molecule has 0 atom stereocenters. The predicted octanol–water partition coefficient (Wildman–Crippen LogP) is 3.58. The molecular weight excluding hydrogens is 286 g/mol. The number of carbonyl (C=O) groups is 1. The van der Waals surface area contributed by atoms with Gasteiger partial charge in [-0.15, -0.1) is 0 Å². The standard InChI is InChI=1S/C16H14ClN3O/c1-2-8-18-16(21)11-4-3-5-13-15(11)20-14-9-10(17)6-7-12(14)19-13/h3-7,9H,2,8H2,1H3,(H,18,21). The number of fused-ring (bicyclic) bond motifs is 2. The van der Waals surface area contributed by atoms with Gasteiger partial charge in [-0.1, -0.05) is 24.6 Å². The Morgan fingerprint density at radius 1 is 1.14 bits per heavy atom. The van der Waals surface area contributed by atoms with E-state index in [0.29, 0.717) is 33.7 Å². The van der Waals surface area contributed by atoms with Crippen molar-refractivity contribution in [3.05, 3.63) is 47.0 Å². The van der Waals surface area contributed by atoms with Crippen molar-refractivity contribution in [1.29, 1.82) is 0 Å². The first-order chi connectivity index (χ1) is 10.2. The van der Waals surface area contributed by atoms with Crippen LogP contribution in [0.2, 0.25) is 5.02 Å². The fraction of sp³-hybridized carbons (Fsp3) is 0.188. The van der Waals surface area contributed by atoms with Gasteiger partial charge in [0.15, 0.2) is 0 Å². The molecule has 4 nitrogen and oxygen atoms in total. The van der Waals surface area contributed by atoms with Crippen LogP contribution in [0.4, 0.5) is 0 Å². The van der Waals surface area contributed by atoms with Gasteiger partial charge in [0.25, 0.3) is 5.91 Å². The summed E-state index contributed by atoms with van der Waals surface area (Å²) in [6.07, 6.45) is 0.890. The fourth-order valence-electron chi connectivity index (χ4n) is 2.19. The second-order valence-corrected chi connectivity index (χ2v) is 5.22. The Morgan fingerprint density at radius 3 is 2.81 bits per heavy atom. The van der Waals surface area contributed by atoms with E-state index in [1.165, 1.54) is 0 Å². The van der Waals surface area contributed by atoms with E-state index in [1.54, 1.807) is 18.2 Å². The summed E-state index contributed by atoms with van der Waals surface area (Å²) in [6, 6.07) is 10.8. The molecule has 1 N–H and O–H groups in total. The summed E-state index contributed by atoms with van der Waals surface area (Å²) < 4.78 is 0. The Balaban J connectivity index is 2.19. The topological polar surface area (TPSA) is 54.9 Å². The van der Waals surface area contributed by atoms with E-state index in [2.05, 4.69) is 15.3 Å². The Morgan fingerprint density at radius 2 is 2.00 bits per heavy atom. The molecule has 1 heterocycles. The molecule has 106 valence electrons. The van der Waals surface area contributed by atoms with Crippen molar-refractivity contribution >= 4 is 39.6 Å². The predicted molar refractivity (Wildman–Crippen MR) is 84.7 cm³/mol. The number of benzene rings is 2. The van der Waals surface area contributed by atoms with Crippen LogP contribution in [0.15, 0.2) is 36.4 Å². The van der Waals surface area contributed by atoms with Crippen LogP contribution in [-0.4, -0.2) is 22.4 Å². The number of halogens is 1. The summed E-state index contributed by atoms with van der Waals surface area (Å²) in [4.78, 5) is 21.3. The SMILES string of the molecule is CCCNC(=O)c1cccc2nc3ccc(Cl)cc3nc12. The van der Waals surface area contributed by atoms with Crippen molar-refractivity contribution in [2.75, 3.05) is 6.54 Å². The molecule has 1 amide bonds. The lowest BCUT2D eigenvalue weighted by atomic mass is 10.1. The number of hydrogen-bond acceptors (Lipinski definition) is 3. The van der Waals surface area contributed by atoms with Crippen LogP contribution in [0.25, 0.3) is 22.1 Å². The third kappa shape index (κ3) is 2.67. The zero-order chi connectivity index (χ0) is 14.8. The monoisotopic (exact) mass is 299 g/mol. The van der Waals surface area contributed by atoms with Crippen LogP contribution in [-0.2, 0) is 0 Å². The fourth-order valence-corrected chi connectivity index (χ4v) is 2.35. The molecule has 0 bridgehead atoms. The Kier molecular flexibility index (Phi) is 3.71. The molecule has 0 saturated carbocycles. The first-order valence-electron chi connectivity index (χ1n) is 6.83. The molecule has 5 heteroatoms. The van der Waals surface area contributed by atoms with E-state index in [9.17, 15) is 4.79 Å². The zero-order valence-electron chi connectivity index (χ0n) is 11.6. The minimum atomic E-state index is -0.127. The lowest BCUT2D eigenvalue weighted by molar-refractivity contribution is 0.0955. The number of para-hydroxylation sites is 1. The highest BCUT2D eigenvalue weighted by molar-refractivity contribution is 6.31. The van der Waals surface area contributed by atoms with Crippen molar-refractivity contribution in [3.63, 3.8) is 0 Å². The summed E-state index contributed by atoms with van der Waals surface area (Å²) in [5, 5.41) is 3.47. The lowest BCUT2D eigenvalue weighted by Gasteiger charge is -2.07. The van der Waals surface area contributed by atoms with Crippen molar-refractivity contribution in [2.45, 2.75) is 13.3 Å². The maximum absolute atomic E-state index is 12.2. The number of hydrogen-bond donors (Lipinski definition) is 1. The largest absolute Gasteiger partial charge is 0.352 e. The molecule has 0 aliphatic carbocycles. The molecule has 0 fully saturated rings. The summed E-state index contributed by atoms with van der Waals surface area (Å²) in [5.74, 6) is -0.127. The number of carbonyl (C=O) groups excluding carboxylic acids is 1. The Hall–Kier alpha value is -2.20. The average molecular weight is 300 g/mol. The number of amides is 1. The lowest BCUT2D eigenvalue weighted by Crippen LogP contribution is -2.24. The van der Waals surface area contributed by atoms with Crippen LogP contribution in [0.1, 0.15) is 23.7 Å². The third-order valence-corrected chi connectivity index (χ3v) is 3.44. The molecule has 0 radical (unpaired) electrons. The van der Waals surface area contributed by atoms with Crippen molar-refractivity contribution in [3.8, 4) is 0 Å². The molecular formula is C16H14ClN3O. The highest BCUT2D eigenvalue weighted by atomic mass is 35.5. The number of nitrogens with zero attached hydrogens (tertiary/aromatic N) is 2. The van der Waals surface area contributed by atoms with Gasteiger partial charge < -0.3 is 5.32 Å². The van der Waals surface area contributed by atoms with E-state index in [4.69, 9.17) is 11.6 Å². The summed E-state index contributed by atoms with van der Waals surface area (Å²) in [5.41, 5.74) is 3.29. The van der Waals surface area contributed by atoms with Crippen LogP contribution < -0.4 is 5.32 Å². The van der Waals surface area contributed by atoms with Crippen LogP contribution >= 0.6 is 11.6 Å². The normalized spacial score (nSPS) is 11.0. The minimum Gasteiger partial charge on any atom is -0.352 e. The Labute approximate surface area is 127 Å². The van der Waals surface area contributed by atoms with Gasteiger partial charge in [0.2, 0.25) is 0 Å². The smallest absolute Gasteiger partial charge is 0.253 e. The first kappa shape index (κ1) is 13.8. The second-order valence-electron chi connectivity index (χ2n) is 4.79. The maximum Gasteiger partial charge on any atom is 0.253 e. The first-order valence-corrected chi connectivity index (χ1v) is 7.21. The highest BCUT2D eigenvalue weighted by Gasteiger charge is 2.12. The van der Waals surface area contributed by atoms with E-state index >= 15 is 0 Å². The van der Waals surface area contributed by atoms with Crippen molar-refractivity contribution < 1.29 is 4.79 Å². The molecule has 2 aromatic carbocycles. The van der Waals surface area contributed by atoms with Crippen molar-refractivity contribution in [1.82, 2.24) is 15.3 Å². The molecule has 0 aliphatic rings. The molecule has 3 rings (SSSR count). The summed E-state index contributed by atoms with van der Waals surface area (Å²) in [6.45, 7) is 2.65. The van der Waals surface area contributed by atoms with Crippen LogP contribution in [0.3, 0.4) is 0 Å². The minimum absolute atomic E-state index is 0.127. The van der Waals surface area contributed by atoms with Gasteiger partial charge in [0.05, 0.1) is 22.1 Å². The molecule has 0 spiro atoms. The van der Waals surface area contributed by atoms with Crippen LogP contribution in [0, 0.1) is 0 Å². The van der Waals surface area contributed by atoms with Gasteiger partial charge in [0.1, 0.15) is 5.52 Å². The van der Waals surface area contributed by atoms with Gasteiger partial charge in [-0.2, -0.15) is 0 Å². The molecule has 0 saturated heterocycles. The highest BCUT2D eigenvalue weighted by Crippen LogP contribution is 2.21. The molecule has 1 aromatic heterocycles. The van der Waals surface area contributed by atoms with Crippen LogP contribution in [0.5, 0.6) is 0 Å². The van der Waals surface area contributed by atoms with Crippen molar-refractivity contribution in [2.24, 2.45) is 0 Å². The van der Waals surface area contributed by atoms with Gasteiger partial charge in [-0.25, -0.2) is 9.97 Å². The van der Waals surface area contributed by atoms with Gasteiger partial charge in [0, 0.05) is 11.6 Å². The van der Waals surface area contributed by atoms with E-state index in [-0.39, 0.29) is 5.91 Å². The summed E-state index contributed by atoms with van der Waals surface area (Å²) in [7, 11) is 0. The molecule has 0 unspecified atom stereocenters. The molecule has 3 aromatic rings. The third-order valence-electron chi connectivity index (χ3n) is 3.21. The van der Waals surface area contributed by atoms with E-state index in [0.717, 1.165) is 11.9 Å². The van der Waals surface area contributed by atoms with E-state index < -0.39 is 0 Å². The second kappa shape index (κ2) is 5.66. The summed E-state index contributed by atoms with van der Waals surface area (Å²) >= 11 is 5.99. The average Bonchev–Trinajstić information content (AvgIpc) is 2.50. The van der Waals surface area contributed by atoms with E-state index in [1.807, 2.05) is 25.1 Å². The number of nitrogens with one attached hydrogen (secondary N) is 1.